The second-order valence-electron chi connectivity index (χ2n) is 6.29. The molecule has 0 heterocycles. The van der Waals surface area contributed by atoms with Gasteiger partial charge in [-0.3, -0.25) is 4.90 Å². The molecule has 0 rings (SSSR count). The summed E-state index contributed by atoms with van der Waals surface area (Å²) in [5.74, 6) is -0.973. The summed E-state index contributed by atoms with van der Waals surface area (Å²) < 4.78 is 14.0. The predicted octanol–water partition coefficient (Wildman–Crippen LogP) is 3.65. The predicted molar refractivity (Wildman–Crippen MR) is 112 cm³/mol. The summed E-state index contributed by atoms with van der Waals surface area (Å²) in [7, 11) is 5.02. The Hall–Kier alpha value is -2.41. The Morgan fingerprint density at radius 1 is 0.893 bits per heavy atom. The van der Waals surface area contributed by atoms with Crippen LogP contribution in [-0.4, -0.2) is 56.8 Å². The van der Waals surface area contributed by atoms with Crippen molar-refractivity contribution in [1.82, 2.24) is 4.90 Å². The van der Waals surface area contributed by atoms with Crippen molar-refractivity contribution in [2.45, 2.75) is 53.7 Å². The molecule has 0 amide bonds. The molecular weight excluding hydrogens is 362 g/mol. The van der Waals surface area contributed by atoms with Gasteiger partial charge in [-0.25, -0.2) is 14.4 Å². The van der Waals surface area contributed by atoms with Crippen LogP contribution in [0.4, 0.5) is 0 Å². The van der Waals surface area contributed by atoms with Crippen LogP contribution in [0.25, 0.3) is 0 Å². The Bertz CT molecular complexity index is 537. The van der Waals surface area contributed by atoms with Gasteiger partial charge in [0.2, 0.25) is 0 Å². The second kappa shape index (κ2) is 18.0. The van der Waals surface area contributed by atoms with Crippen LogP contribution in [-0.2, 0) is 28.6 Å². The van der Waals surface area contributed by atoms with Gasteiger partial charge in [0.25, 0.3) is 0 Å². The summed E-state index contributed by atoms with van der Waals surface area (Å²) in [6.07, 6.45) is 1.78. The number of methoxy groups -OCH3 is 1. The molecule has 0 aromatic carbocycles. The van der Waals surface area contributed by atoms with Crippen LogP contribution in [0, 0.1) is 0 Å². The molecule has 7 nitrogen and oxygen atoms in total. The van der Waals surface area contributed by atoms with E-state index >= 15 is 0 Å². The number of esters is 3. The maximum absolute atomic E-state index is 10.9. The van der Waals surface area contributed by atoms with E-state index < -0.39 is 0 Å². The summed E-state index contributed by atoms with van der Waals surface area (Å²) in [5, 5.41) is 0. The second-order valence-corrected chi connectivity index (χ2v) is 6.29. The number of rotatable bonds is 8. The van der Waals surface area contributed by atoms with Gasteiger partial charge < -0.3 is 14.2 Å². The highest BCUT2D eigenvalue weighted by atomic mass is 16.6. The van der Waals surface area contributed by atoms with Crippen molar-refractivity contribution < 1.29 is 28.6 Å². The third-order valence-corrected chi connectivity index (χ3v) is 2.97. The number of ether oxygens (including phenoxy) is 3. The smallest absolute Gasteiger partial charge is 0.334 e. The van der Waals surface area contributed by atoms with Crippen molar-refractivity contribution in [2.75, 3.05) is 27.8 Å². The Kier molecular flexibility index (Phi) is 19.5. The fraction of sp³-hybridized carbons (Fsp3) is 0.571. The summed E-state index contributed by atoms with van der Waals surface area (Å²) >= 11 is 0. The number of hydrogen-bond acceptors (Lipinski definition) is 7. The molecule has 0 aliphatic rings. The van der Waals surface area contributed by atoms with Gasteiger partial charge in [-0.05, 0) is 48.2 Å². The molecule has 0 radical (unpaired) electrons. The van der Waals surface area contributed by atoms with E-state index in [1.165, 1.54) is 7.11 Å². The standard InChI is InChI=1S/C8H15NO2.C8H14O2.C5H8O2/c1-6(2)8(10)11-7(3)9(4)5;1-4-5-6-10-8(9)7(2)3;1-4(2)5(6)7-3/h7H,1H2,2-5H3;2,4-6H2,1,3H3;1H2,2-3H3. The SMILES string of the molecule is C=C(C)C(=O)OC.C=C(C)C(=O)OC(C)N(C)C.C=C(C)C(=O)OCCCC. The molecule has 0 aliphatic carbocycles. The van der Waals surface area contributed by atoms with Gasteiger partial charge in [0.1, 0.15) is 0 Å². The third-order valence-electron chi connectivity index (χ3n) is 2.97. The van der Waals surface area contributed by atoms with E-state index in [9.17, 15) is 14.4 Å². The molecule has 0 fully saturated rings. The Morgan fingerprint density at radius 3 is 1.57 bits per heavy atom. The minimum atomic E-state index is -0.347. The largest absolute Gasteiger partial charge is 0.466 e. The molecule has 28 heavy (non-hydrogen) atoms. The highest BCUT2D eigenvalue weighted by Gasteiger charge is 2.10. The average Bonchev–Trinajstić information content (AvgIpc) is 2.61. The van der Waals surface area contributed by atoms with E-state index in [2.05, 4.69) is 31.4 Å². The molecule has 7 heteroatoms. The molecule has 0 saturated carbocycles. The lowest BCUT2D eigenvalue weighted by Gasteiger charge is -2.19. The van der Waals surface area contributed by atoms with Crippen LogP contribution in [0.5, 0.6) is 0 Å². The average molecular weight is 400 g/mol. The number of unbranched alkanes of at least 4 members (excludes halogenated alkanes) is 1. The summed E-state index contributed by atoms with van der Waals surface area (Å²) in [6.45, 7) is 19.5. The maximum Gasteiger partial charge on any atom is 0.334 e. The fourth-order valence-corrected chi connectivity index (χ4v) is 0.968. The van der Waals surface area contributed by atoms with Crippen molar-refractivity contribution in [3.05, 3.63) is 36.5 Å². The molecule has 1 atom stereocenters. The maximum atomic E-state index is 10.9. The summed E-state index contributed by atoms with van der Waals surface area (Å²) in [4.78, 5) is 33.6. The van der Waals surface area contributed by atoms with Gasteiger partial charge in [0.05, 0.1) is 13.7 Å². The topological polar surface area (TPSA) is 82.1 Å². The first-order valence-corrected chi connectivity index (χ1v) is 8.91. The first-order chi connectivity index (χ1) is 12.8. The molecule has 0 aromatic heterocycles. The first kappa shape index (κ1) is 30.3. The number of hydrogen-bond donors (Lipinski definition) is 0. The van der Waals surface area contributed by atoms with Crippen LogP contribution >= 0.6 is 0 Å². The summed E-state index contributed by atoms with van der Waals surface area (Å²) in [5.41, 5.74) is 1.33. The van der Waals surface area contributed by atoms with Gasteiger partial charge in [0.15, 0.2) is 6.23 Å². The van der Waals surface area contributed by atoms with Crippen LogP contribution in [0.3, 0.4) is 0 Å². The van der Waals surface area contributed by atoms with Gasteiger partial charge in [-0.2, -0.15) is 0 Å². The molecule has 0 saturated heterocycles. The van der Waals surface area contributed by atoms with Crippen LogP contribution in [0.2, 0.25) is 0 Å². The zero-order valence-corrected chi connectivity index (χ0v) is 18.7. The Balaban J connectivity index is -0.000000343. The lowest BCUT2D eigenvalue weighted by atomic mass is 10.3. The highest BCUT2D eigenvalue weighted by molar-refractivity contribution is 5.87. The van der Waals surface area contributed by atoms with Crippen LogP contribution in [0.15, 0.2) is 36.5 Å². The van der Waals surface area contributed by atoms with E-state index in [0.29, 0.717) is 23.3 Å². The van der Waals surface area contributed by atoms with Crippen molar-refractivity contribution in [3.8, 4) is 0 Å². The van der Waals surface area contributed by atoms with E-state index in [1.54, 1.807) is 32.6 Å². The van der Waals surface area contributed by atoms with Gasteiger partial charge in [-0.1, -0.05) is 33.1 Å². The number of carbonyl (C=O) groups excluding carboxylic acids is 3. The minimum absolute atomic E-state index is 0.195. The monoisotopic (exact) mass is 399 g/mol. The highest BCUT2D eigenvalue weighted by Crippen LogP contribution is 1.99. The van der Waals surface area contributed by atoms with E-state index in [1.807, 2.05) is 14.1 Å². The van der Waals surface area contributed by atoms with E-state index in [-0.39, 0.29) is 24.1 Å². The molecular formula is C21H37NO6. The third kappa shape index (κ3) is 19.9. The molecule has 0 aliphatic heterocycles. The molecule has 0 N–H and O–H groups in total. The zero-order chi connectivity index (χ0) is 22.9. The number of carbonyl (C=O) groups is 3. The van der Waals surface area contributed by atoms with Gasteiger partial charge in [-0.15, -0.1) is 0 Å². The first-order valence-electron chi connectivity index (χ1n) is 8.91. The van der Waals surface area contributed by atoms with Crippen molar-refractivity contribution in [2.24, 2.45) is 0 Å². The van der Waals surface area contributed by atoms with Gasteiger partial charge in [0, 0.05) is 16.7 Å². The summed E-state index contributed by atoms with van der Waals surface area (Å²) in [6, 6.07) is 0. The van der Waals surface area contributed by atoms with Crippen LogP contribution < -0.4 is 0 Å². The minimum Gasteiger partial charge on any atom is -0.466 e. The molecule has 1 unspecified atom stereocenters. The Labute approximate surface area is 170 Å². The normalized spacial score (nSPS) is 10.2. The number of nitrogens with zero attached hydrogens (tertiary/aromatic N) is 1. The van der Waals surface area contributed by atoms with E-state index in [0.717, 1.165) is 12.8 Å². The van der Waals surface area contributed by atoms with Crippen molar-refractivity contribution in [1.29, 1.82) is 0 Å². The molecule has 162 valence electrons. The zero-order valence-electron chi connectivity index (χ0n) is 18.7. The lowest BCUT2D eigenvalue weighted by Crippen LogP contribution is -2.30. The fourth-order valence-electron chi connectivity index (χ4n) is 0.968. The van der Waals surface area contributed by atoms with Crippen LogP contribution in [0.1, 0.15) is 47.5 Å². The molecule has 0 aromatic rings. The van der Waals surface area contributed by atoms with E-state index in [4.69, 9.17) is 9.47 Å². The quantitative estimate of drug-likeness (QED) is 0.202. The van der Waals surface area contributed by atoms with Crippen molar-refractivity contribution in [3.63, 3.8) is 0 Å². The Morgan fingerprint density at radius 2 is 1.32 bits per heavy atom. The molecule has 0 bridgehead atoms. The van der Waals surface area contributed by atoms with Crippen molar-refractivity contribution >= 4 is 17.9 Å². The lowest BCUT2D eigenvalue weighted by molar-refractivity contribution is -0.150. The molecule has 0 spiro atoms. The van der Waals surface area contributed by atoms with Gasteiger partial charge >= 0.3 is 17.9 Å².